The third-order valence-corrected chi connectivity index (χ3v) is 5.79. The molecule has 2 rings (SSSR count). The van der Waals surface area contributed by atoms with Gasteiger partial charge < -0.3 is 0 Å². The van der Waals surface area contributed by atoms with E-state index in [1.807, 2.05) is 6.92 Å². The van der Waals surface area contributed by atoms with Crippen LogP contribution in [0.1, 0.15) is 53.4 Å². The smallest absolute Gasteiger partial charge is 0.171 e. The Balaban J connectivity index is 2.32. The van der Waals surface area contributed by atoms with Crippen LogP contribution in [0.15, 0.2) is 0 Å². The van der Waals surface area contributed by atoms with Crippen LogP contribution in [0.2, 0.25) is 0 Å². The zero-order valence-electron chi connectivity index (χ0n) is 11.2. The number of fused-ring (bicyclic) bond motifs is 2. The zero-order chi connectivity index (χ0) is 13.1. The molecule has 2 aliphatic carbocycles. The van der Waals surface area contributed by atoms with Gasteiger partial charge in [0.05, 0.1) is 5.41 Å². The zero-order valence-corrected chi connectivity index (χ0v) is 11.2. The van der Waals surface area contributed by atoms with Gasteiger partial charge in [-0.1, -0.05) is 27.7 Å². The van der Waals surface area contributed by atoms with Crippen molar-refractivity contribution in [2.45, 2.75) is 59.6 Å². The molecule has 2 saturated carbocycles. The number of rotatable bonds is 1. The minimum absolute atomic E-state index is 0.257. The summed E-state index contributed by atoms with van der Waals surface area (Å²) in [6.07, 6.45) is -0.218. The SMILES string of the molecule is CC1CC2CC(C1)C(C)(C(C)(C)C(F)(F)F)C2. The predicted molar refractivity (Wildman–Crippen MR) is 62.6 cm³/mol. The Labute approximate surface area is 102 Å². The first-order valence-electron chi connectivity index (χ1n) is 6.64. The Morgan fingerprint density at radius 2 is 1.65 bits per heavy atom. The van der Waals surface area contributed by atoms with Crippen LogP contribution < -0.4 is 0 Å². The highest BCUT2D eigenvalue weighted by Gasteiger charge is 2.64. The normalized spacial score (nSPS) is 42.9. The van der Waals surface area contributed by atoms with Gasteiger partial charge in [-0.25, -0.2) is 0 Å². The Kier molecular flexibility index (Phi) is 2.83. The average Bonchev–Trinajstić information content (AvgIpc) is 2.36. The second-order valence-corrected chi connectivity index (χ2v) is 7.12. The highest BCUT2D eigenvalue weighted by molar-refractivity contribution is 5.06. The molecule has 0 aromatic carbocycles. The molecule has 0 heterocycles. The van der Waals surface area contributed by atoms with Crippen molar-refractivity contribution in [3.05, 3.63) is 0 Å². The Hall–Kier alpha value is -0.210. The summed E-state index contributed by atoms with van der Waals surface area (Å²) in [6.45, 7) is 6.87. The second-order valence-electron chi connectivity index (χ2n) is 7.12. The van der Waals surface area contributed by atoms with Gasteiger partial charge in [0.25, 0.3) is 0 Å². The number of hydrogen-bond donors (Lipinski definition) is 0. The van der Waals surface area contributed by atoms with Gasteiger partial charge >= 0.3 is 6.18 Å². The van der Waals surface area contributed by atoms with E-state index >= 15 is 0 Å². The molecule has 4 atom stereocenters. The summed E-state index contributed by atoms with van der Waals surface area (Å²) in [7, 11) is 0. The van der Waals surface area contributed by atoms with Gasteiger partial charge in [-0.05, 0) is 48.9 Å². The Morgan fingerprint density at radius 3 is 2.18 bits per heavy atom. The van der Waals surface area contributed by atoms with E-state index in [2.05, 4.69) is 6.92 Å². The molecule has 0 amide bonds. The molecule has 0 saturated heterocycles. The summed E-state index contributed by atoms with van der Waals surface area (Å²) in [6, 6.07) is 0. The van der Waals surface area contributed by atoms with Gasteiger partial charge in [0.2, 0.25) is 0 Å². The molecule has 0 aromatic rings. The van der Waals surface area contributed by atoms with Gasteiger partial charge in [-0.3, -0.25) is 0 Å². The summed E-state index contributed by atoms with van der Waals surface area (Å²) in [5, 5.41) is 0. The lowest BCUT2D eigenvalue weighted by molar-refractivity contribution is -0.256. The summed E-state index contributed by atoms with van der Waals surface area (Å²) in [5.74, 6) is 1.38. The summed E-state index contributed by atoms with van der Waals surface area (Å²) >= 11 is 0. The lowest BCUT2D eigenvalue weighted by Gasteiger charge is -2.47. The van der Waals surface area contributed by atoms with Crippen molar-refractivity contribution in [1.82, 2.24) is 0 Å². The fourth-order valence-electron chi connectivity index (χ4n) is 4.29. The summed E-state index contributed by atoms with van der Waals surface area (Å²) in [5.41, 5.74) is -2.13. The minimum atomic E-state index is -4.09. The molecule has 2 aliphatic rings. The van der Waals surface area contributed by atoms with Crippen molar-refractivity contribution in [1.29, 1.82) is 0 Å². The maximum Gasteiger partial charge on any atom is 0.394 e. The summed E-state index contributed by atoms with van der Waals surface area (Å²) < 4.78 is 39.9. The van der Waals surface area contributed by atoms with Crippen LogP contribution in [-0.4, -0.2) is 6.18 Å². The molecular weight excluding hydrogens is 225 g/mol. The molecule has 2 bridgehead atoms. The standard InChI is InChI=1S/C14H23F3/c1-9-5-10-7-11(6-9)13(4,8-10)12(2,3)14(15,16)17/h9-11H,5-8H2,1-4H3. The molecule has 3 heteroatoms. The maximum atomic E-state index is 13.3. The molecular formula is C14H23F3. The first-order valence-corrected chi connectivity index (χ1v) is 6.64. The minimum Gasteiger partial charge on any atom is -0.171 e. The first kappa shape index (κ1) is 13.2. The van der Waals surface area contributed by atoms with Crippen LogP contribution in [-0.2, 0) is 0 Å². The lowest BCUT2D eigenvalue weighted by atomic mass is 9.59. The van der Waals surface area contributed by atoms with E-state index in [1.54, 1.807) is 0 Å². The molecule has 100 valence electrons. The maximum absolute atomic E-state index is 13.3. The van der Waals surface area contributed by atoms with E-state index < -0.39 is 17.0 Å². The van der Waals surface area contributed by atoms with Crippen molar-refractivity contribution in [2.75, 3.05) is 0 Å². The quantitative estimate of drug-likeness (QED) is 0.610. The van der Waals surface area contributed by atoms with Crippen LogP contribution in [0.4, 0.5) is 13.2 Å². The van der Waals surface area contributed by atoms with Crippen LogP contribution in [0.5, 0.6) is 0 Å². The topological polar surface area (TPSA) is 0 Å². The van der Waals surface area contributed by atoms with Crippen LogP contribution >= 0.6 is 0 Å². The van der Waals surface area contributed by atoms with Crippen molar-refractivity contribution in [2.24, 2.45) is 28.6 Å². The Morgan fingerprint density at radius 1 is 1.06 bits per heavy atom. The van der Waals surface area contributed by atoms with E-state index in [4.69, 9.17) is 0 Å². The van der Waals surface area contributed by atoms with E-state index in [9.17, 15) is 13.2 Å². The van der Waals surface area contributed by atoms with Crippen LogP contribution in [0.3, 0.4) is 0 Å². The highest BCUT2D eigenvalue weighted by Crippen LogP contribution is 2.65. The highest BCUT2D eigenvalue weighted by atomic mass is 19.4. The molecule has 0 radical (unpaired) electrons. The predicted octanol–water partition coefficient (Wildman–Crippen LogP) is 5.04. The second kappa shape index (κ2) is 3.64. The van der Waals surface area contributed by atoms with Gasteiger partial charge in [0.15, 0.2) is 0 Å². The van der Waals surface area contributed by atoms with Crippen molar-refractivity contribution in [3.63, 3.8) is 0 Å². The van der Waals surface area contributed by atoms with Gasteiger partial charge in [0.1, 0.15) is 0 Å². The molecule has 4 unspecified atom stereocenters. The third-order valence-electron chi connectivity index (χ3n) is 5.79. The molecule has 17 heavy (non-hydrogen) atoms. The monoisotopic (exact) mass is 248 g/mol. The lowest BCUT2D eigenvalue weighted by Crippen LogP contribution is -2.48. The molecule has 2 fully saturated rings. The number of alkyl halides is 3. The molecule has 0 nitrogen and oxygen atoms in total. The van der Waals surface area contributed by atoms with E-state index in [0.717, 1.165) is 25.7 Å². The van der Waals surface area contributed by atoms with Crippen LogP contribution in [0, 0.1) is 28.6 Å². The fourth-order valence-corrected chi connectivity index (χ4v) is 4.29. The van der Waals surface area contributed by atoms with Crippen molar-refractivity contribution < 1.29 is 13.2 Å². The number of halogens is 3. The van der Waals surface area contributed by atoms with E-state index in [1.165, 1.54) is 13.8 Å². The largest absolute Gasteiger partial charge is 0.394 e. The number of hydrogen-bond acceptors (Lipinski definition) is 0. The average molecular weight is 248 g/mol. The molecule has 0 aromatic heterocycles. The van der Waals surface area contributed by atoms with Gasteiger partial charge in [0, 0.05) is 0 Å². The first-order chi connectivity index (χ1) is 7.58. The molecule has 0 spiro atoms. The Bertz CT molecular complexity index is 305. The van der Waals surface area contributed by atoms with Crippen molar-refractivity contribution >= 4 is 0 Å². The summed E-state index contributed by atoms with van der Waals surface area (Å²) in [4.78, 5) is 0. The van der Waals surface area contributed by atoms with Crippen molar-refractivity contribution in [3.8, 4) is 0 Å². The fraction of sp³-hybridized carbons (Fsp3) is 1.00. The molecule has 0 aliphatic heterocycles. The van der Waals surface area contributed by atoms with E-state index in [-0.39, 0.29) is 5.92 Å². The third kappa shape index (κ3) is 1.80. The molecule has 0 N–H and O–H groups in total. The van der Waals surface area contributed by atoms with Gasteiger partial charge in [-0.2, -0.15) is 13.2 Å². The van der Waals surface area contributed by atoms with Crippen LogP contribution in [0.25, 0.3) is 0 Å². The van der Waals surface area contributed by atoms with E-state index in [0.29, 0.717) is 11.8 Å². The van der Waals surface area contributed by atoms with Gasteiger partial charge in [-0.15, -0.1) is 0 Å².